The number of para-hydroxylation sites is 1. The summed E-state index contributed by atoms with van der Waals surface area (Å²) in [5.41, 5.74) is 7.03. The molecule has 1 saturated heterocycles. The summed E-state index contributed by atoms with van der Waals surface area (Å²) in [6.45, 7) is 3.94. The van der Waals surface area contributed by atoms with Gasteiger partial charge in [-0.25, -0.2) is 0 Å². The maximum Gasteiger partial charge on any atom is 0.257 e. The van der Waals surface area contributed by atoms with Gasteiger partial charge in [0, 0.05) is 19.1 Å². The van der Waals surface area contributed by atoms with Crippen LogP contribution in [-0.4, -0.2) is 55.5 Å². The van der Waals surface area contributed by atoms with Crippen LogP contribution in [0.15, 0.2) is 18.2 Å². The van der Waals surface area contributed by atoms with Crippen molar-refractivity contribution in [3.05, 3.63) is 23.8 Å². The number of carbonyl (C=O) groups is 1. The molecule has 1 heterocycles. The van der Waals surface area contributed by atoms with Crippen LogP contribution < -0.4 is 10.5 Å². The third kappa shape index (κ3) is 3.47. The van der Waals surface area contributed by atoms with Crippen LogP contribution in [0.4, 0.5) is 5.69 Å². The van der Waals surface area contributed by atoms with Gasteiger partial charge in [-0.05, 0) is 46.0 Å². The van der Waals surface area contributed by atoms with E-state index in [0.29, 0.717) is 29.6 Å². The van der Waals surface area contributed by atoms with Crippen molar-refractivity contribution in [2.45, 2.75) is 25.8 Å². The first-order chi connectivity index (χ1) is 10.0. The number of amides is 1. The summed E-state index contributed by atoms with van der Waals surface area (Å²) in [4.78, 5) is 16.9. The monoisotopic (exact) mass is 291 g/mol. The average molecular weight is 291 g/mol. The summed E-state index contributed by atoms with van der Waals surface area (Å²) in [5.74, 6) is 0.522. The number of piperidine rings is 1. The number of nitrogens with two attached hydrogens (primary N) is 1. The van der Waals surface area contributed by atoms with Crippen LogP contribution in [0.1, 0.15) is 30.1 Å². The van der Waals surface area contributed by atoms with E-state index in [2.05, 4.69) is 19.0 Å². The van der Waals surface area contributed by atoms with E-state index in [4.69, 9.17) is 10.5 Å². The predicted octanol–water partition coefficient (Wildman–Crippen LogP) is 1.83. The lowest BCUT2D eigenvalue weighted by Gasteiger charge is -2.36. The highest BCUT2D eigenvalue weighted by atomic mass is 16.5. The molecule has 1 aliphatic heterocycles. The first-order valence-electron chi connectivity index (χ1n) is 7.51. The van der Waals surface area contributed by atoms with Crippen molar-refractivity contribution in [1.29, 1.82) is 0 Å². The summed E-state index contributed by atoms with van der Waals surface area (Å²) in [6.07, 6.45) is 2.16. The molecule has 0 aromatic heterocycles. The summed E-state index contributed by atoms with van der Waals surface area (Å²) < 4.78 is 5.57. The molecule has 0 saturated carbocycles. The average Bonchev–Trinajstić information content (AvgIpc) is 2.49. The molecule has 1 fully saturated rings. The Labute approximate surface area is 126 Å². The molecule has 5 heteroatoms. The fourth-order valence-electron chi connectivity index (χ4n) is 2.76. The number of benzene rings is 1. The molecule has 1 aromatic carbocycles. The smallest absolute Gasteiger partial charge is 0.257 e. The van der Waals surface area contributed by atoms with Crippen LogP contribution in [0.25, 0.3) is 0 Å². The van der Waals surface area contributed by atoms with Crippen molar-refractivity contribution < 1.29 is 9.53 Å². The molecule has 0 spiro atoms. The molecule has 1 aromatic rings. The Kier molecular flexibility index (Phi) is 5.07. The number of rotatable bonds is 4. The Morgan fingerprint density at radius 1 is 1.48 bits per heavy atom. The molecule has 1 amide bonds. The highest BCUT2D eigenvalue weighted by Crippen LogP contribution is 2.28. The highest BCUT2D eigenvalue weighted by molar-refractivity contribution is 5.98. The molecule has 0 radical (unpaired) electrons. The second-order valence-corrected chi connectivity index (χ2v) is 5.67. The van der Waals surface area contributed by atoms with E-state index < -0.39 is 0 Å². The van der Waals surface area contributed by atoms with Gasteiger partial charge in [0.15, 0.2) is 5.75 Å². The highest BCUT2D eigenvalue weighted by Gasteiger charge is 2.27. The van der Waals surface area contributed by atoms with Crippen LogP contribution in [-0.2, 0) is 0 Å². The van der Waals surface area contributed by atoms with E-state index in [1.165, 1.54) is 0 Å². The molecule has 21 heavy (non-hydrogen) atoms. The molecule has 1 aliphatic rings. The van der Waals surface area contributed by atoms with Crippen LogP contribution in [0.2, 0.25) is 0 Å². The van der Waals surface area contributed by atoms with E-state index in [9.17, 15) is 4.79 Å². The molecular weight excluding hydrogens is 266 g/mol. The van der Waals surface area contributed by atoms with Crippen LogP contribution >= 0.6 is 0 Å². The lowest BCUT2D eigenvalue weighted by molar-refractivity contribution is 0.0631. The molecule has 5 nitrogen and oxygen atoms in total. The minimum Gasteiger partial charge on any atom is -0.491 e. The van der Waals surface area contributed by atoms with Gasteiger partial charge in [-0.1, -0.05) is 6.07 Å². The third-order valence-electron chi connectivity index (χ3n) is 3.98. The van der Waals surface area contributed by atoms with Gasteiger partial charge in [-0.2, -0.15) is 0 Å². The number of hydrogen-bond donors (Lipinski definition) is 1. The van der Waals surface area contributed by atoms with Crippen molar-refractivity contribution in [2.75, 3.05) is 39.5 Å². The van der Waals surface area contributed by atoms with Crippen LogP contribution in [0, 0.1) is 0 Å². The number of nitrogen functional groups attached to an aromatic ring is 1. The fourth-order valence-corrected chi connectivity index (χ4v) is 2.76. The van der Waals surface area contributed by atoms with Crippen molar-refractivity contribution in [3.63, 3.8) is 0 Å². The number of anilines is 1. The Morgan fingerprint density at radius 3 is 2.90 bits per heavy atom. The minimum absolute atomic E-state index is 0.0114. The number of likely N-dealkylation sites (tertiary alicyclic amines) is 1. The largest absolute Gasteiger partial charge is 0.491 e. The molecule has 0 bridgehead atoms. The van der Waals surface area contributed by atoms with Crippen molar-refractivity contribution in [2.24, 2.45) is 0 Å². The fraction of sp³-hybridized carbons (Fsp3) is 0.562. The second kappa shape index (κ2) is 6.80. The SMILES string of the molecule is CCOc1c(N)cccc1C(=O)N1CCCC(N(C)C)C1. The number of likely N-dealkylation sites (N-methyl/N-ethyl adjacent to an activating group) is 1. The summed E-state index contributed by atoms with van der Waals surface area (Å²) in [7, 11) is 4.12. The number of carbonyl (C=O) groups excluding carboxylic acids is 1. The van der Waals surface area contributed by atoms with Gasteiger partial charge in [-0.3, -0.25) is 4.79 Å². The third-order valence-corrected chi connectivity index (χ3v) is 3.98. The van der Waals surface area contributed by atoms with Crippen molar-refractivity contribution in [3.8, 4) is 5.75 Å². The lowest BCUT2D eigenvalue weighted by atomic mass is 10.0. The van der Waals surface area contributed by atoms with E-state index in [-0.39, 0.29) is 5.91 Å². The number of hydrogen-bond acceptors (Lipinski definition) is 4. The normalized spacial score (nSPS) is 18.9. The zero-order chi connectivity index (χ0) is 15.4. The quantitative estimate of drug-likeness (QED) is 0.860. The molecule has 1 unspecified atom stereocenters. The minimum atomic E-state index is 0.0114. The maximum absolute atomic E-state index is 12.8. The summed E-state index contributed by atoms with van der Waals surface area (Å²) >= 11 is 0. The molecule has 0 aliphatic carbocycles. The van der Waals surface area contributed by atoms with E-state index in [0.717, 1.165) is 25.9 Å². The van der Waals surface area contributed by atoms with Gasteiger partial charge < -0.3 is 20.3 Å². The van der Waals surface area contributed by atoms with E-state index in [1.54, 1.807) is 18.2 Å². The Bertz CT molecular complexity index is 502. The van der Waals surface area contributed by atoms with Gasteiger partial charge in [0.05, 0.1) is 17.9 Å². The van der Waals surface area contributed by atoms with Gasteiger partial charge >= 0.3 is 0 Å². The Morgan fingerprint density at radius 2 is 2.24 bits per heavy atom. The molecule has 1 atom stereocenters. The second-order valence-electron chi connectivity index (χ2n) is 5.67. The number of nitrogens with zero attached hydrogens (tertiary/aromatic N) is 2. The van der Waals surface area contributed by atoms with Gasteiger partial charge in [0.2, 0.25) is 0 Å². The van der Waals surface area contributed by atoms with Gasteiger partial charge in [0.1, 0.15) is 0 Å². The standard InChI is InChI=1S/C16H25N3O2/c1-4-21-15-13(8-5-9-14(15)17)16(20)19-10-6-7-12(11-19)18(2)3/h5,8-9,12H,4,6-7,10-11,17H2,1-3H3. The van der Waals surface area contributed by atoms with Crippen LogP contribution in [0.5, 0.6) is 5.75 Å². The van der Waals surface area contributed by atoms with Crippen LogP contribution in [0.3, 0.4) is 0 Å². The van der Waals surface area contributed by atoms with E-state index >= 15 is 0 Å². The summed E-state index contributed by atoms with van der Waals surface area (Å²) in [6, 6.07) is 5.78. The zero-order valence-corrected chi connectivity index (χ0v) is 13.1. The molecule has 2 N–H and O–H groups in total. The Balaban J connectivity index is 2.21. The van der Waals surface area contributed by atoms with E-state index in [1.807, 2.05) is 11.8 Å². The molecule has 2 rings (SSSR count). The predicted molar refractivity (Wildman–Crippen MR) is 84.6 cm³/mol. The van der Waals surface area contributed by atoms with Gasteiger partial charge in [-0.15, -0.1) is 0 Å². The maximum atomic E-state index is 12.8. The first-order valence-corrected chi connectivity index (χ1v) is 7.51. The Hall–Kier alpha value is -1.75. The summed E-state index contributed by atoms with van der Waals surface area (Å²) in [5, 5.41) is 0. The molecular formula is C16H25N3O2. The zero-order valence-electron chi connectivity index (χ0n) is 13.1. The van der Waals surface area contributed by atoms with Gasteiger partial charge in [0.25, 0.3) is 5.91 Å². The first kappa shape index (κ1) is 15.6. The van der Waals surface area contributed by atoms with Crippen molar-refractivity contribution >= 4 is 11.6 Å². The van der Waals surface area contributed by atoms with Crippen molar-refractivity contribution in [1.82, 2.24) is 9.80 Å². The lowest BCUT2D eigenvalue weighted by Crippen LogP contribution is -2.47. The topological polar surface area (TPSA) is 58.8 Å². The number of ether oxygens (including phenoxy) is 1. The molecule has 116 valence electrons.